The lowest BCUT2D eigenvalue weighted by Gasteiger charge is -2.46. The predicted octanol–water partition coefficient (Wildman–Crippen LogP) is 6.20. The fourth-order valence-electron chi connectivity index (χ4n) is 5.04. The van der Waals surface area contributed by atoms with Gasteiger partial charge in [0.05, 0.1) is 6.10 Å². The van der Waals surface area contributed by atoms with E-state index < -0.39 is 33.8 Å². The molecule has 0 saturated carbocycles. The Morgan fingerprint density at radius 1 is 0.733 bits per heavy atom. The van der Waals surface area contributed by atoms with Gasteiger partial charge in [0.25, 0.3) is 0 Å². The van der Waals surface area contributed by atoms with E-state index in [1.165, 1.54) is 0 Å². The molecule has 30 heavy (non-hydrogen) atoms. The van der Waals surface area contributed by atoms with Crippen LogP contribution in [-0.4, -0.2) is 57.5 Å². The normalized spacial score (nSPS) is 22.7. The molecular weight excluding hydrogens is 443 g/mol. The Labute approximate surface area is 191 Å². The highest BCUT2D eigenvalue weighted by Gasteiger charge is 2.44. The average molecular weight is 494 g/mol. The Hall–Kier alpha value is 0.668. The van der Waals surface area contributed by atoms with Crippen LogP contribution in [0.3, 0.4) is 0 Å². The molecule has 1 heterocycles. The summed E-state index contributed by atoms with van der Waals surface area (Å²) >= 11 is 0. The summed E-state index contributed by atoms with van der Waals surface area (Å²) in [5.41, 5.74) is 0.229. The van der Waals surface area contributed by atoms with Crippen molar-refractivity contribution in [2.75, 3.05) is 6.61 Å². The Bertz CT molecular complexity index is 542. The maximum absolute atomic E-state index is 6.77. The molecule has 1 aliphatic heterocycles. The first-order chi connectivity index (χ1) is 13.1. The molecule has 0 bridgehead atoms. The summed E-state index contributed by atoms with van der Waals surface area (Å²) in [6, 6.07) is 0.959. The number of hydrogen-bond acceptors (Lipinski definition) is 5. The second kappa shape index (κ2) is 9.88. The van der Waals surface area contributed by atoms with Crippen molar-refractivity contribution in [2.24, 2.45) is 0 Å². The van der Waals surface area contributed by atoms with Gasteiger partial charge in [0, 0.05) is 17.7 Å². The molecule has 180 valence electrons. The van der Waals surface area contributed by atoms with Gasteiger partial charge in [-0.1, -0.05) is 0 Å². The van der Waals surface area contributed by atoms with Crippen LogP contribution in [-0.2, 0) is 17.1 Å². The van der Waals surface area contributed by atoms with Crippen molar-refractivity contribution in [3.05, 3.63) is 0 Å². The van der Waals surface area contributed by atoms with Gasteiger partial charge in [-0.2, -0.15) is 0 Å². The number of rotatable bonds is 11. The summed E-state index contributed by atoms with van der Waals surface area (Å²) in [6.45, 7) is 29.9. The summed E-state index contributed by atoms with van der Waals surface area (Å²) in [4.78, 5) is 0. The number of hydrogen-bond donors (Lipinski definition) is 1. The van der Waals surface area contributed by atoms with Crippen LogP contribution in [0, 0.1) is 0 Å². The second-order valence-electron chi connectivity index (χ2n) is 13.0. The van der Waals surface area contributed by atoms with Crippen molar-refractivity contribution in [1.82, 2.24) is 5.32 Å². The molecule has 1 fully saturated rings. The van der Waals surface area contributed by atoms with Crippen molar-refractivity contribution < 1.29 is 17.1 Å². The lowest BCUT2D eigenvalue weighted by atomic mass is 9.81. The maximum atomic E-state index is 6.77. The Kier molecular flexibility index (Phi) is 9.46. The fourth-order valence-corrected chi connectivity index (χ4v) is 23.0. The van der Waals surface area contributed by atoms with E-state index >= 15 is 0 Å². The number of piperidine rings is 1. The van der Waals surface area contributed by atoms with E-state index in [0.29, 0.717) is 6.10 Å². The highest BCUT2D eigenvalue weighted by molar-refractivity contribution is 6.89. The fraction of sp³-hybridized carbons (Fsp3) is 1.00. The van der Waals surface area contributed by atoms with E-state index in [9.17, 15) is 0 Å². The van der Waals surface area contributed by atoms with Crippen LogP contribution >= 0.6 is 0 Å². The van der Waals surface area contributed by atoms with Crippen LogP contribution in [0.4, 0.5) is 0 Å². The van der Waals surface area contributed by atoms with E-state index in [1.54, 1.807) is 0 Å². The van der Waals surface area contributed by atoms with E-state index in [4.69, 9.17) is 17.1 Å². The molecule has 0 amide bonds. The zero-order chi connectivity index (χ0) is 23.6. The van der Waals surface area contributed by atoms with E-state index in [0.717, 1.165) is 31.9 Å². The third kappa shape index (κ3) is 12.1. The zero-order valence-electron chi connectivity index (χ0n) is 22.2. The van der Waals surface area contributed by atoms with Gasteiger partial charge in [-0.05, 0) is 112 Å². The standard InChI is InChI=1S/C21H51NO4Si4/c1-20(2)17-19(18-21(3,4)22-20)23-15-14-16-30(13,25-28(8,9)10)26-29(11,12)24-27(5,6)7/h19,22H,14-18H2,1-13H3. The van der Waals surface area contributed by atoms with Gasteiger partial charge in [-0.3, -0.25) is 0 Å². The molecule has 0 aliphatic carbocycles. The van der Waals surface area contributed by atoms with Gasteiger partial charge >= 0.3 is 17.1 Å². The third-order valence-electron chi connectivity index (χ3n) is 4.82. The molecule has 1 aliphatic rings. The van der Waals surface area contributed by atoms with Crippen LogP contribution in [0.1, 0.15) is 47.0 Å². The van der Waals surface area contributed by atoms with Gasteiger partial charge in [0.1, 0.15) is 0 Å². The van der Waals surface area contributed by atoms with Crippen LogP contribution in [0.25, 0.3) is 0 Å². The lowest BCUT2D eigenvalue weighted by molar-refractivity contribution is -0.0217. The van der Waals surface area contributed by atoms with Gasteiger partial charge < -0.3 is 22.4 Å². The summed E-state index contributed by atoms with van der Waals surface area (Å²) in [5, 5.41) is 3.73. The quantitative estimate of drug-likeness (QED) is 0.274. The summed E-state index contributed by atoms with van der Waals surface area (Å²) in [5.74, 6) is 0. The van der Waals surface area contributed by atoms with E-state index in [1.807, 2.05) is 0 Å². The maximum Gasteiger partial charge on any atom is 0.315 e. The number of nitrogens with one attached hydrogen (secondary N) is 1. The highest BCUT2D eigenvalue weighted by Crippen LogP contribution is 2.31. The Balaban J connectivity index is 2.70. The molecule has 0 aromatic heterocycles. The smallest absolute Gasteiger partial charge is 0.315 e. The van der Waals surface area contributed by atoms with Crippen LogP contribution < -0.4 is 5.32 Å². The van der Waals surface area contributed by atoms with E-state index in [-0.39, 0.29) is 11.1 Å². The molecule has 0 spiro atoms. The molecule has 1 atom stereocenters. The van der Waals surface area contributed by atoms with Crippen molar-refractivity contribution in [3.63, 3.8) is 0 Å². The summed E-state index contributed by atoms with van der Waals surface area (Å²) in [6.07, 6.45) is 3.40. The highest BCUT2D eigenvalue weighted by atomic mass is 28.5. The van der Waals surface area contributed by atoms with Gasteiger partial charge in [-0.25, -0.2) is 0 Å². The van der Waals surface area contributed by atoms with Gasteiger partial charge in [-0.15, -0.1) is 0 Å². The molecule has 1 N–H and O–H groups in total. The average Bonchev–Trinajstić information content (AvgIpc) is 2.33. The predicted molar refractivity (Wildman–Crippen MR) is 139 cm³/mol. The summed E-state index contributed by atoms with van der Waals surface area (Å²) in [7, 11) is -7.94. The molecule has 0 radical (unpaired) electrons. The second-order valence-corrected chi connectivity index (χ2v) is 29.4. The molecule has 0 aromatic carbocycles. The topological polar surface area (TPSA) is 49.0 Å². The molecule has 1 rings (SSSR count). The Morgan fingerprint density at radius 2 is 1.20 bits per heavy atom. The first kappa shape index (κ1) is 28.7. The van der Waals surface area contributed by atoms with Gasteiger partial charge in [0.15, 0.2) is 16.6 Å². The largest absolute Gasteiger partial charge is 0.437 e. The van der Waals surface area contributed by atoms with Crippen LogP contribution in [0.15, 0.2) is 0 Å². The van der Waals surface area contributed by atoms with Crippen molar-refractivity contribution in [1.29, 1.82) is 0 Å². The minimum absolute atomic E-state index is 0.115. The van der Waals surface area contributed by atoms with Crippen molar-refractivity contribution in [2.45, 2.75) is 129 Å². The minimum atomic E-state index is -2.34. The third-order valence-corrected chi connectivity index (χ3v) is 18.4. The first-order valence-electron chi connectivity index (χ1n) is 11.6. The summed E-state index contributed by atoms with van der Waals surface area (Å²) < 4.78 is 26.3. The molecule has 1 saturated heterocycles. The van der Waals surface area contributed by atoms with Crippen molar-refractivity contribution in [3.8, 4) is 0 Å². The Morgan fingerprint density at radius 3 is 1.63 bits per heavy atom. The molecule has 0 aromatic rings. The lowest BCUT2D eigenvalue weighted by Crippen LogP contribution is -2.59. The van der Waals surface area contributed by atoms with Crippen LogP contribution in [0.5, 0.6) is 0 Å². The molecule has 1 unspecified atom stereocenters. The molecule has 5 nitrogen and oxygen atoms in total. The van der Waals surface area contributed by atoms with E-state index in [2.05, 4.69) is 91.9 Å². The first-order valence-corrected chi connectivity index (χ1v) is 23.8. The SMILES string of the molecule is CC1(C)CC(OCCC[Si](C)(O[Si](C)(C)C)O[Si](C)(C)O[Si](C)(C)C)CC(C)(C)N1. The van der Waals surface area contributed by atoms with Gasteiger partial charge in [0.2, 0.25) is 0 Å². The minimum Gasteiger partial charge on any atom is -0.437 e. The number of ether oxygens (including phenoxy) is 1. The van der Waals surface area contributed by atoms with Crippen LogP contribution in [0.2, 0.25) is 65.0 Å². The molecular formula is C21H51NO4Si4. The molecule has 9 heteroatoms. The monoisotopic (exact) mass is 493 g/mol. The zero-order valence-corrected chi connectivity index (χ0v) is 26.2. The van der Waals surface area contributed by atoms with Crippen molar-refractivity contribution >= 4 is 33.8 Å².